The first kappa shape index (κ1) is 8.26. The molecule has 0 fully saturated rings. The van der Waals surface area contributed by atoms with Crippen LogP contribution in [0.1, 0.15) is 16.8 Å². The quantitative estimate of drug-likeness (QED) is 0.701. The summed E-state index contributed by atoms with van der Waals surface area (Å²) in [4.78, 5) is 13.5. The number of carbonyl (C=O) groups excluding carboxylic acids is 1. The maximum absolute atomic E-state index is 11.4. The van der Waals surface area contributed by atoms with E-state index < -0.39 is 0 Å². The molecule has 2 nitrogen and oxygen atoms in total. The first-order valence-corrected chi connectivity index (χ1v) is 5.33. The third-order valence-corrected chi connectivity index (χ3v) is 3.76. The highest BCUT2D eigenvalue weighted by molar-refractivity contribution is 9.11. The standard InChI is InChI=1S/C8H8BrNOS/c1-10-3-2-6(11)5-4-7(9)12-8(5)10/h4H,2-3H2,1H3. The molecule has 0 atom stereocenters. The van der Waals surface area contributed by atoms with Gasteiger partial charge in [-0.25, -0.2) is 0 Å². The van der Waals surface area contributed by atoms with Crippen LogP contribution >= 0.6 is 27.3 Å². The second-order valence-corrected chi connectivity index (χ2v) is 5.27. The van der Waals surface area contributed by atoms with E-state index >= 15 is 0 Å². The number of nitrogens with zero attached hydrogens (tertiary/aromatic N) is 1. The van der Waals surface area contributed by atoms with E-state index in [0.29, 0.717) is 6.42 Å². The topological polar surface area (TPSA) is 20.3 Å². The number of carbonyl (C=O) groups is 1. The zero-order chi connectivity index (χ0) is 8.72. The van der Waals surface area contributed by atoms with Crippen molar-refractivity contribution in [1.29, 1.82) is 0 Å². The highest BCUT2D eigenvalue weighted by Crippen LogP contribution is 2.37. The Kier molecular flexibility index (Phi) is 1.96. The van der Waals surface area contributed by atoms with Crippen molar-refractivity contribution in [2.24, 2.45) is 0 Å². The fourth-order valence-electron chi connectivity index (χ4n) is 1.34. The number of rotatable bonds is 0. The average Bonchev–Trinajstić information content (AvgIpc) is 2.41. The van der Waals surface area contributed by atoms with E-state index in [1.807, 2.05) is 13.1 Å². The predicted molar refractivity (Wildman–Crippen MR) is 54.2 cm³/mol. The maximum Gasteiger partial charge on any atom is 0.167 e. The molecule has 4 heteroatoms. The second-order valence-electron chi connectivity index (χ2n) is 2.86. The summed E-state index contributed by atoms with van der Waals surface area (Å²) in [5.41, 5.74) is 0.876. The largest absolute Gasteiger partial charge is 0.365 e. The fourth-order valence-corrected chi connectivity index (χ4v) is 2.92. The third-order valence-electron chi connectivity index (χ3n) is 2.00. The van der Waals surface area contributed by atoms with Gasteiger partial charge in [0.05, 0.1) is 9.35 Å². The molecule has 2 rings (SSSR count). The zero-order valence-corrected chi connectivity index (χ0v) is 9.04. The molecule has 0 radical (unpaired) electrons. The van der Waals surface area contributed by atoms with Gasteiger partial charge in [-0.05, 0) is 22.0 Å². The van der Waals surface area contributed by atoms with E-state index in [2.05, 4.69) is 20.8 Å². The number of hydrogen-bond donors (Lipinski definition) is 0. The Hall–Kier alpha value is -0.350. The zero-order valence-electron chi connectivity index (χ0n) is 6.63. The van der Waals surface area contributed by atoms with Gasteiger partial charge in [0.25, 0.3) is 0 Å². The molecule has 1 aliphatic heterocycles. The van der Waals surface area contributed by atoms with Crippen molar-refractivity contribution in [3.63, 3.8) is 0 Å². The van der Waals surface area contributed by atoms with Crippen LogP contribution in [0.4, 0.5) is 5.00 Å². The van der Waals surface area contributed by atoms with Gasteiger partial charge in [-0.15, -0.1) is 11.3 Å². The molecule has 0 spiro atoms. The Labute approximate surface area is 83.3 Å². The number of anilines is 1. The minimum atomic E-state index is 0.269. The highest BCUT2D eigenvalue weighted by Gasteiger charge is 2.22. The van der Waals surface area contributed by atoms with Crippen molar-refractivity contribution < 1.29 is 4.79 Å². The van der Waals surface area contributed by atoms with Crippen LogP contribution in [0.15, 0.2) is 9.85 Å². The van der Waals surface area contributed by atoms with Crippen LogP contribution in [-0.2, 0) is 0 Å². The lowest BCUT2D eigenvalue weighted by Crippen LogP contribution is -2.26. The number of thiophene rings is 1. The lowest BCUT2D eigenvalue weighted by atomic mass is 10.1. The van der Waals surface area contributed by atoms with Gasteiger partial charge >= 0.3 is 0 Å². The molecule has 1 aliphatic rings. The minimum Gasteiger partial charge on any atom is -0.365 e. The van der Waals surface area contributed by atoms with E-state index in [0.717, 1.165) is 20.9 Å². The molecule has 1 aromatic heterocycles. The molecular formula is C8H8BrNOS. The lowest BCUT2D eigenvalue weighted by molar-refractivity contribution is 0.0981. The van der Waals surface area contributed by atoms with Crippen LogP contribution in [0, 0.1) is 0 Å². The van der Waals surface area contributed by atoms with Gasteiger partial charge in [-0.1, -0.05) is 0 Å². The Morgan fingerprint density at radius 3 is 3.08 bits per heavy atom. The third kappa shape index (κ3) is 1.19. The van der Waals surface area contributed by atoms with Gasteiger partial charge in [0.15, 0.2) is 5.78 Å². The van der Waals surface area contributed by atoms with Crippen LogP contribution in [0.2, 0.25) is 0 Å². The maximum atomic E-state index is 11.4. The van der Waals surface area contributed by atoms with Crippen molar-refractivity contribution in [3.05, 3.63) is 15.4 Å². The summed E-state index contributed by atoms with van der Waals surface area (Å²) in [6.45, 7) is 0.846. The van der Waals surface area contributed by atoms with Crippen LogP contribution in [0.5, 0.6) is 0 Å². The number of halogens is 1. The van der Waals surface area contributed by atoms with Crippen molar-refractivity contribution in [2.45, 2.75) is 6.42 Å². The summed E-state index contributed by atoms with van der Waals surface area (Å²) >= 11 is 5.01. The van der Waals surface area contributed by atoms with E-state index in [4.69, 9.17) is 0 Å². The summed E-state index contributed by atoms with van der Waals surface area (Å²) in [6.07, 6.45) is 0.646. The van der Waals surface area contributed by atoms with Crippen LogP contribution < -0.4 is 4.90 Å². The lowest BCUT2D eigenvalue weighted by Gasteiger charge is -2.22. The predicted octanol–water partition coefficient (Wildman–Crippen LogP) is 2.53. The van der Waals surface area contributed by atoms with Crippen molar-refractivity contribution in [2.75, 3.05) is 18.5 Å². The molecule has 0 saturated carbocycles. The van der Waals surface area contributed by atoms with Crippen LogP contribution in [0.25, 0.3) is 0 Å². The van der Waals surface area contributed by atoms with Crippen molar-refractivity contribution in [1.82, 2.24) is 0 Å². The van der Waals surface area contributed by atoms with Gasteiger partial charge in [0.2, 0.25) is 0 Å². The van der Waals surface area contributed by atoms with Crippen LogP contribution in [-0.4, -0.2) is 19.4 Å². The monoisotopic (exact) mass is 245 g/mol. The number of fused-ring (bicyclic) bond motifs is 1. The van der Waals surface area contributed by atoms with E-state index in [1.165, 1.54) is 0 Å². The summed E-state index contributed by atoms with van der Waals surface area (Å²) in [6, 6.07) is 1.91. The smallest absolute Gasteiger partial charge is 0.167 e. The van der Waals surface area contributed by atoms with Gasteiger partial charge in [-0.3, -0.25) is 4.79 Å². The average molecular weight is 246 g/mol. The fraction of sp³-hybridized carbons (Fsp3) is 0.375. The second kappa shape index (κ2) is 2.85. The Bertz CT molecular complexity index is 334. The normalized spacial score (nSPS) is 16.5. The number of ketones is 1. The summed E-state index contributed by atoms with van der Waals surface area (Å²) in [5.74, 6) is 0.269. The Balaban J connectivity index is 2.54. The number of hydrogen-bond acceptors (Lipinski definition) is 3. The van der Waals surface area contributed by atoms with Crippen LogP contribution in [0.3, 0.4) is 0 Å². The molecule has 1 aromatic rings. The number of Topliss-reactive ketones (excluding diaryl/α,β-unsaturated/α-hetero) is 1. The summed E-state index contributed by atoms with van der Waals surface area (Å²) in [5, 5.41) is 1.10. The first-order chi connectivity index (χ1) is 5.68. The highest BCUT2D eigenvalue weighted by atomic mass is 79.9. The summed E-state index contributed by atoms with van der Waals surface area (Å²) in [7, 11) is 2.02. The molecule has 0 saturated heterocycles. The SMILES string of the molecule is CN1CCC(=O)c2cc(Br)sc21. The van der Waals surface area contributed by atoms with E-state index in [9.17, 15) is 4.79 Å². The van der Waals surface area contributed by atoms with Gasteiger partial charge in [0, 0.05) is 20.0 Å². The first-order valence-electron chi connectivity index (χ1n) is 3.72. The molecule has 0 N–H and O–H groups in total. The van der Waals surface area contributed by atoms with E-state index in [-0.39, 0.29) is 5.78 Å². The van der Waals surface area contributed by atoms with Gasteiger partial charge in [0.1, 0.15) is 5.00 Å². The molecule has 64 valence electrons. The van der Waals surface area contributed by atoms with Gasteiger partial charge in [-0.2, -0.15) is 0 Å². The Morgan fingerprint density at radius 1 is 1.67 bits per heavy atom. The van der Waals surface area contributed by atoms with E-state index in [1.54, 1.807) is 11.3 Å². The molecule has 2 heterocycles. The Morgan fingerprint density at radius 2 is 2.42 bits per heavy atom. The molecular weight excluding hydrogens is 238 g/mol. The molecule has 0 amide bonds. The molecule has 0 aliphatic carbocycles. The molecule has 0 aromatic carbocycles. The molecule has 0 unspecified atom stereocenters. The van der Waals surface area contributed by atoms with Crippen molar-refractivity contribution >= 4 is 38.1 Å². The molecule has 0 bridgehead atoms. The minimum absolute atomic E-state index is 0.269. The summed E-state index contributed by atoms with van der Waals surface area (Å²) < 4.78 is 1.04. The van der Waals surface area contributed by atoms with Crippen molar-refractivity contribution in [3.8, 4) is 0 Å². The van der Waals surface area contributed by atoms with Gasteiger partial charge < -0.3 is 4.90 Å². The molecule has 12 heavy (non-hydrogen) atoms.